The number of aliphatic hydroxyl groups is 2. The smallest absolute Gasteiger partial charge is 0.302 e. The van der Waals surface area contributed by atoms with Gasteiger partial charge in [-0.2, -0.15) is 0 Å². The van der Waals surface area contributed by atoms with E-state index in [1.807, 2.05) is 33.8 Å². The third-order valence-electron chi connectivity index (χ3n) is 8.68. The lowest BCUT2D eigenvalue weighted by atomic mass is 9.46. The third-order valence-corrected chi connectivity index (χ3v) is 8.68. The highest BCUT2D eigenvalue weighted by atomic mass is 16.5. The predicted octanol–water partition coefficient (Wildman–Crippen LogP) is 3.81. The Balaban J connectivity index is 0.00000117. The van der Waals surface area contributed by atoms with Gasteiger partial charge in [-0.3, -0.25) is 9.59 Å². The summed E-state index contributed by atoms with van der Waals surface area (Å²) in [5.74, 6) is -0.303. The van der Waals surface area contributed by atoms with E-state index < -0.39 is 17.1 Å². The van der Waals surface area contributed by atoms with E-state index in [1.165, 1.54) is 6.92 Å². The van der Waals surface area contributed by atoms with Crippen molar-refractivity contribution in [3.63, 3.8) is 0 Å². The van der Waals surface area contributed by atoms with E-state index in [0.717, 1.165) is 24.8 Å². The quantitative estimate of drug-likeness (QED) is 0.511. The van der Waals surface area contributed by atoms with E-state index in [-0.39, 0.29) is 41.0 Å². The summed E-state index contributed by atoms with van der Waals surface area (Å²) in [4.78, 5) is 24.7. The van der Waals surface area contributed by atoms with Crippen LogP contribution < -0.4 is 0 Å². The van der Waals surface area contributed by atoms with Crippen LogP contribution in [-0.4, -0.2) is 39.8 Å². The Morgan fingerprint density at radius 2 is 1.83 bits per heavy atom. The van der Waals surface area contributed by atoms with Gasteiger partial charge in [0.1, 0.15) is 11.9 Å². The number of ether oxygens (including phenoxy) is 1. The monoisotopic (exact) mass is 406 g/mol. The first-order valence-electron chi connectivity index (χ1n) is 11.3. The fraction of sp³-hybridized carbons (Fsp3) is 0.833. The molecule has 7 unspecified atom stereocenters. The number of hydrogen-bond donors (Lipinski definition) is 2. The molecule has 2 N–H and O–H groups in total. The molecule has 5 heteroatoms. The third kappa shape index (κ3) is 3.29. The maximum absolute atomic E-state index is 13.4. The number of aliphatic hydroxyl groups excluding tert-OH is 1. The van der Waals surface area contributed by atoms with Crippen molar-refractivity contribution in [2.24, 2.45) is 28.6 Å². The van der Waals surface area contributed by atoms with Gasteiger partial charge >= 0.3 is 5.97 Å². The second-order valence-corrected chi connectivity index (χ2v) is 10.1. The molecule has 0 aromatic rings. The van der Waals surface area contributed by atoms with Crippen LogP contribution in [0.4, 0.5) is 0 Å². The number of carbonyl (C=O) groups is 2. The van der Waals surface area contributed by atoms with Gasteiger partial charge in [-0.1, -0.05) is 39.3 Å². The first-order chi connectivity index (χ1) is 13.5. The minimum Gasteiger partial charge on any atom is -0.462 e. The van der Waals surface area contributed by atoms with Gasteiger partial charge in [0.25, 0.3) is 0 Å². The molecule has 0 bridgehead atoms. The summed E-state index contributed by atoms with van der Waals surface area (Å²) in [6.07, 6.45) is 5.14. The van der Waals surface area contributed by atoms with Crippen LogP contribution >= 0.6 is 0 Å². The Morgan fingerprint density at radius 3 is 2.45 bits per heavy atom. The second kappa shape index (κ2) is 7.49. The fourth-order valence-corrected chi connectivity index (χ4v) is 6.98. The SMILES string of the molecule is CC.CC(=O)OC1CCC2(C)C(=CC(O)C3C2C(=O)CC2(C)C3CC[C@]2(C)O)C1. The Bertz CT molecular complexity index is 710. The van der Waals surface area contributed by atoms with Gasteiger partial charge in [-0.15, -0.1) is 0 Å². The molecule has 0 spiro atoms. The maximum Gasteiger partial charge on any atom is 0.302 e. The summed E-state index contributed by atoms with van der Waals surface area (Å²) in [5.41, 5.74) is -0.554. The first kappa shape index (κ1) is 22.5. The lowest BCUT2D eigenvalue weighted by Gasteiger charge is -2.58. The van der Waals surface area contributed by atoms with Gasteiger partial charge in [0.05, 0.1) is 11.7 Å². The second-order valence-electron chi connectivity index (χ2n) is 10.1. The average molecular weight is 407 g/mol. The minimum absolute atomic E-state index is 0.135. The average Bonchev–Trinajstić information content (AvgIpc) is 2.86. The zero-order chi connectivity index (χ0) is 21.8. The lowest BCUT2D eigenvalue weighted by molar-refractivity contribution is -0.166. The number of carbonyl (C=O) groups excluding carboxylic acids is 2. The van der Waals surface area contributed by atoms with Crippen molar-refractivity contribution in [3.05, 3.63) is 11.6 Å². The maximum atomic E-state index is 13.4. The Labute approximate surface area is 174 Å². The molecule has 3 fully saturated rings. The van der Waals surface area contributed by atoms with E-state index in [1.54, 1.807) is 0 Å². The Hall–Kier alpha value is -1.20. The number of Topliss-reactive ketones (excluding diaryl/α,β-unsaturated/α-hetero) is 1. The molecule has 0 heterocycles. The predicted molar refractivity (Wildman–Crippen MR) is 111 cm³/mol. The summed E-state index contributed by atoms with van der Waals surface area (Å²) in [5, 5.41) is 22.0. The first-order valence-corrected chi connectivity index (χ1v) is 11.3. The van der Waals surface area contributed by atoms with Crippen molar-refractivity contribution in [3.8, 4) is 0 Å². The number of esters is 1. The van der Waals surface area contributed by atoms with E-state index in [9.17, 15) is 19.8 Å². The molecule has 0 aromatic carbocycles. The van der Waals surface area contributed by atoms with Crippen molar-refractivity contribution >= 4 is 11.8 Å². The van der Waals surface area contributed by atoms with Crippen molar-refractivity contribution in [2.75, 3.05) is 0 Å². The fourth-order valence-electron chi connectivity index (χ4n) is 6.98. The summed E-state index contributed by atoms with van der Waals surface area (Å²) in [7, 11) is 0. The van der Waals surface area contributed by atoms with Crippen LogP contribution in [-0.2, 0) is 14.3 Å². The Kier molecular flexibility index (Phi) is 5.81. The normalized spacial score (nSPS) is 48.3. The topological polar surface area (TPSA) is 83.8 Å². The van der Waals surface area contributed by atoms with E-state index in [0.29, 0.717) is 19.3 Å². The van der Waals surface area contributed by atoms with Crippen LogP contribution in [0.5, 0.6) is 0 Å². The molecule has 0 amide bonds. The molecule has 4 aliphatic rings. The summed E-state index contributed by atoms with van der Waals surface area (Å²) >= 11 is 0. The van der Waals surface area contributed by atoms with Gasteiger partial charge in [0.2, 0.25) is 0 Å². The van der Waals surface area contributed by atoms with E-state index in [2.05, 4.69) is 6.92 Å². The minimum atomic E-state index is -0.865. The molecule has 0 aromatic heterocycles. The van der Waals surface area contributed by atoms with Gasteiger partial charge in [-0.05, 0) is 43.9 Å². The molecule has 0 radical (unpaired) electrons. The van der Waals surface area contributed by atoms with Crippen LogP contribution in [0.25, 0.3) is 0 Å². The van der Waals surface area contributed by atoms with Crippen molar-refractivity contribution in [1.82, 2.24) is 0 Å². The molecule has 3 saturated carbocycles. The molecule has 0 aliphatic heterocycles. The molecule has 0 saturated heterocycles. The zero-order valence-corrected chi connectivity index (χ0v) is 18.8. The highest BCUT2D eigenvalue weighted by molar-refractivity contribution is 5.85. The van der Waals surface area contributed by atoms with Crippen molar-refractivity contribution in [2.45, 2.75) is 97.9 Å². The highest BCUT2D eigenvalue weighted by Gasteiger charge is 2.66. The van der Waals surface area contributed by atoms with Gasteiger partial charge in [0, 0.05) is 37.0 Å². The summed E-state index contributed by atoms with van der Waals surface area (Å²) in [6, 6.07) is 0. The molecule has 4 aliphatic carbocycles. The van der Waals surface area contributed by atoms with Gasteiger partial charge in [0.15, 0.2) is 0 Å². The molecule has 8 atom stereocenters. The Morgan fingerprint density at radius 1 is 1.17 bits per heavy atom. The van der Waals surface area contributed by atoms with E-state index >= 15 is 0 Å². The lowest BCUT2D eigenvalue weighted by Crippen LogP contribution is -2.60. The van der Waals surface area contributed by atoms with Crippen LogP contribution in [0, 0.1) is 28.6 Å². The highest BCUT2D eigenvalue weighted by Crippen LogP contribution is 2.66. The molecule has 164 valence electrons. The number of ketones is 1. The molecule has 29 heavy (non-hydrogen) atoms. The van der Waals surface area contributed by atoms with Crippen molar-refractivity contribution in [1.29, 1.82) is 0 Å². The zero-order valence-electron chi connectivity index (χ0n) is 18.8. The standard InChI is InChI=1S/C22H32O5.C2H6/c1-12(23)27-14-5-7-20(2)13(9-14)10-16(24)18-15-6-8-22(4,26)21(15,3)11-17(25)19(18)20;1-2/h10,14-16,18-19,24,26H,5-9,11H2,1-4H3;1-2H3/t14?,15?,16?,18?,19?,20?,21?,22-;/m0./s1. The molecule has 5 nitrogen and oxygen atoms in total. The molecule has 4 rings (SSSR count). The summed E-state index contributed by atoms with van der Waals surface area (Å²) < 4.78 is 5.42. The largest absolute Gasteiger partial charge is 0.462 e. The molecular formula is C24H38O5. The number of fused-ring (bicyclic) bond motifs is 5. The van der Waals surface area contributed by atoms with Gasteiger partial charge in [-0.25, -0.2) is 0 Å². The number of hydrogen-bond acceptors (Lipinski definition) is 5. The van der Waals surface area contributed by atoms with Gasteiger partial charge < -0.3 is 14.9 Å². The van der Waals surface area contributed by atoms with Crippen LogP contribution in [0.3, 0.4) is 0 Å². The van der Waals surface area contributed by atoms with Crippen LogP contribution in [0.2, 0.25) is 0 Å². The van der Waals surface area contributed by atoms with Crippen LogP contribution in [0.15, 0.2) is 11.6 Å². The van der Waals surface area contributed by atoms with Crippen LogP contribution in [0.1, 0.15) is 80.1 Å². The van der Waals surface area contributed by atoms with Crippen molar-refractivity contribution < 1.29 is 24.5 Å². The molecular weight excluding hydrogens is 368 g/mol. The van der Waals surface area contributed by atoms with E-state index in [4.69, 9.17) is 4.74 Å². The number of rotatable bonds is 1. The summed E-state index contributed by atoms with van der Waals surface area (Å²) in [6.45, 7) is 11.5.